The summed E-state index contributed by atoms with van der Waals surface area (Å²) in [5.41, 5.74) is 0.00719. The average molecular weight is 450 g/mol. The summed E-state index contributed by atoms with van der Waals surface area (Å²) < 4.78 is 7.13. The van der Waals surface area contributed by atoms with Crippen molar-refractivity contribution in [1.29, 1.82) is 0 Å². The lowest BCUT2D eigenvalue weighted by atomic mass is 9.79. The van der Waals surface area contributed by atoms with Gasteiger partial charge < -0.3 is 30.8 Å². The number of nitrogens with one attached hydrogen (secondary N) is 2. The van der Waals surface area contributed by atoms with Crippen LogP contribution >= 0.6 is 0 Å². The molecule has 2 fully saturated rings. The average Bonchev–Trinajstić information content (AvgIpc) is 3.27. The van der Waals surface area contributed by atoms with Crippen LogP contribution in [0.25, 0.3) is 11.2 Å². The molecule has 4 heterocycles. The van der Waals surface area contributed by atoms with Crippen molar-refractivity contribution < 1.29 is 25.0 Å². The second-order valence-corrected chi connectivity index (χ2v) is 9.78. The second-order valence-electron chi connectivity index (χ2n) is 9.78. The zero-order valence-corrected chi connectivity index (χ0v) is 18.8. The van der Waals surface area contributed by atoms with E-state index in [1.54, 1.807) is 0 Å². The predicted molar refractivity (Wildman–Crippen MR) is 114 cm³/mol. The fourth-order valence-electron chi connectivity index (χ4n) is 4.96. The van der Waals surface area contributed by atoms with Gasteiger partial charge in [-0.1, -0.05) is 0 Å². The van der Waals surface area contributed by atoms with Crippen LogP contribution in [0.4, 0.5) is 5.82 Å². The number of aliphatic hydroxyl groups excluding tert-OH is 2. The number of hydroxylamine groups is 2. The lowest BCUT2D eigenvalue weighted by molar-refractivity contribution is -0.243. The molecular formula is C20H31N7O5. The van der Waals surface area contributed by atoms with Crippen LogP contribution in [0.1, 0.15) is 46.8 Å². The number of hydrogen-bond acceptors (Lipinski definition) is 10. The van der Waals surface area contributed by atoms with E-state index in [4.69, 9.17) is 4.74 Å². The number of imidazole rings is 1. The highest BCUT2D eigenvalue weighted by atomic mass is 16.6. The first-order valence-electron chi connectivity index (χ1n) is 10.6. The Hall–Kier alpha value is -2.38. The van der Waals surface area contributed by atoms with Crippen molar-refractivity contribution in [3.8, 4) is 0 Å². The number of aromatic nitrogens is 4. The Morgan fingerprint density at radius 3 is 2.41 bits per heavy atom. The van der Waals surface area contributed by atoms with Crippen molar-refractivity contribution in [2.24, 2.45) is 0 Å². The van der Waals surface area contributed by atoms with Gasteiger partial charge in [0.1, 0.15) is 18.5 Å². The molecule has 12 nitrogen and oxygen atoms in total. The summed E-state index contributed by atoms with van der Waals surface area (Å²) in [5, 5.41) is 38.5. The van der Waals surface area contributed by atoms with Crippen LogP contribution in [-0.4, -0.2) is 88.4 Å². The van der Waals surface area contributed by atoms with Gasteiger partial charge in [0.2, 0.25) is 0 Å². The minimum absolute atomic E-state index is 0.0272. The largest absolute Gasteiger partial charge is 0.387 e. The van der Waals surface area contributed by atoms with Gasteiger partial charge in [-0.2, -0.15) is 5.06 Å². The summed E-state index contributed by atoms with van der Waals surface area (Å²) in [5.74, 6) is -0.00599. The number of amides is 1. The fourth-order valence-corrected chi connectivity index (χ4v) is 4.96. The Balaban J connectivity index is 1.61. The molecule has 0 aromatic carbocycles. The van der Waals surface area contributed by atoms with Crippen LogP contribution in [-0.2, 0) is 9.53 Å². The van der Waals surface area contributed by atoms with Gasteiger partial charge in [-0.3, -0.25) is 9.36 Å². The highest BCUT2D eigenvalue weighted by Gasteiger charge is 2.48. The molecule has 1 amide bonds. The summed E-state index contributed by atoms with van der Waals surface area (Å²) in [6, 6.07) is 0.0272. The van der Waals surface area contributed by atoms with Gasteiger partial charge in [0, 0.05) is 24.2 Å². The number of aliphatic hydroxyl groups is 2. The standard InChI is InChI=1S/C20H31N7O5/c1-19(2)6-10(7-20(3,4)27(19)31)25-15-11-16(23-8-22-15)26(9-24-11)18-13(29)12(28)14(32-18)17(30)21-5/h8-10,12-14,18,28-29,31H,6-7H2,1-5H3,(H,21,30)(H,22,23,25)/t12-,13+,14-,18+/m0/s1. The Labute approximate surface area is 185 Å². The summed E-state index contributed by atoms with van der Waals surface area (Å²) in [6.45, 7) is 7.94. The van der Waals surface area contributed by atoms with Crippen LogP contribution < -0.4 is 10.6 Å². The molecule has 12 heteroatoms. The van der Waals surface area contributed by atoms with E-state index < -0.39 is 41.5 Å². The van der Waals surface area contributed by atoms with Crippen molar-refractivity contribution in [1.82, 2.24) is 29.9 Å². The SMILES string of the molecule is CNC(=O)[C@H]1O[C@@H](n2cnc3c(NC4CC(C)(C)N(O)C(C)(C)C4)ncnc32)[C@H](O)[C@@H]1O. The number of likely N-dealkylation sites (N-methyl/N-ethyl adjacent to an activating group) is 1. The Morgan fingerprint density at radius 1 is 1.12 bits per heavy atom. The maximum atomic E-state index is 12.0. The molecule has 32 heavy (non-hydrogen) atoms. The molecule has 2 aromatic heterocycles. The third-order valence-corrected chi connectivity index (χ3v) is 6.36. The first kappa shape index (κ1) is 22.8. The topological polar surface area (TPSA) is 158 Å². The number of ether oxygens (including phenoxy) is 1. The molecule has 4 atom stereocenters. The summed E-state index contributed by atoms with van der Waals surface area (Å²) >= 11 is 0. The van der Waals surface area contributed by atoms with Crippen LogP contribution in [0.3, 0.4) is 0 Å². The molecule has 2 saturated heterocycles. The summed E-state index contributed by atoms with van der Waals surface area (Å²) in [4.78, 5) is 25.0. The molecule has 2 aromatic rings. The van der Waals surface area contributed by atoms with Gasteiger partial charge in [0.25, 0.3) is 5.91 Å². The molecule has 0 radical (unpaired) electrons. The van der Waals surface area contributed by atoms with Crippen molar-refractivity contribution in [3.63, 3.8) is 0 Å². The molecule has 176 valence electrons. The molecule has 0 saturated carbocycles. The predicted octanol–water partition coefficient (Wildman–Crippen LogP) is 0.0142. The third-order valence-electron chi connectivity index (χ3n) is 6.36. The van der Waals surface area contributed by atoms with Crippen LogP contribution in [0.2, 0.25) is 0 Å². The van der Waals surface area contributed by atoms with E-state index in [0.29, 0.717) is 29.8 Å². The molecule has 2 aliphatic heterocycles. The maximum Gasteiger partial charge on any atom is 0.251 e. The van der Waals surface area contributed by atoms with E-state index in [1.807, 2.05) is 27.7 Å². The number of hydrogen-bond donors (Lipinski definition) is 5. The number of anilines is 1. The van der Waals surface area contributed by atoms with E-state index in [1.165, 1.54) is 29.3 Å². The van der Waals surface area contributed by atoms with E-state index in [-0.39, 0.29) is 6.04 Å². The Kier molecular flexibility index (Phi) is 5.62. The third kappa shape index (κ3) is 3.71. The normalized spacial score (nSPS) is 30.5. The number of piperidine rings is 1. The maximum absolute atomic E-state index is 12.0. The number of rotatable bonds is 4. The van der Waals surface area contributed by atoms with Gasteiger partial charge in [0.15, 0.2) is 29.3 Å². The van der Waals surface area contributed by atoms with Crippen LogP contribution in [0.5, 0.6) is 0 Å². The minimum atomic E-state index is -1.38. The van der Waals surface area contributed by atoms with E-state index in [2.05, 4.69) is 25.6 Å². The zero-order chi connectivity index (χ0) is 23.4. The molecule has 0 bridgehead atoms. The Morgan fingerprint density at radius 2 is 1.78 bits per heavy atom. The lowest BCUT2D eigenvalue weighted by Gasteiger charge is -2.51. The van der Waals surface area contributed by atoms with E-state index >= 15 is 0 Å². The highest BCUT2D eigenvalue weighted by Crippen LogP contribution is 2.38. The van der Waals surface area contributed by atoms with Gasteiger partial charge in [-0.05, 0) is 40.5 Å². The van der Waals surface area contributed by atoms with Crippen molar-refractivity contribution in [3.05, 3.63) is 12.7 Å². The number of fused-ring (bicyclic) bond motifs is 1. The summed E-state index contributed by atoms with van der Waals surface area (Å²) in [6.07, 6.45) is -0.759. The van der Waals surface area contributed by atoms with Gasteiger partial charge in [-0.25, -0.2) is 15.0 Å². The molecule has 0 aliphatic carbocycles. The van der Waals surface area contributed by atoms with E-state index in [9.17, 15) is 20.2 Å². The molecule has 4 rings (SSSR count). The van der Waals surface area contributed by atoms with Crippen molar-refractivity contribution >= 4 is 22.9 Å². The summed E-state index contributed by atoms with van der Waals surface area (Å²) in [7, 11) is 1.43. The second kappa shape index (κ2) is 7.89. The molecule has 5 N–H and O–H groups in total. The fraction of sp³-hybridized carbons (Fsp3) is 0.700. The van der Waals surface area contributed by atoms with Gasteiger partial charge >= 0.3 is 0 Å². The number of carbonyl (C=O) groups is 1. The minimum Gasteiger partial charge on any atom is -0.387 e. The Bertz CT molecular complexity index is 991. The molecule has 0 unspecified atom stereocenters. The van der Waals surface area contributed by atoms with Gasteiger partial charge in [-0.15, -0.1) is 0 Å². The number of nitrogens with zero attached hydrogens (tertiary/aromatic N) is 5. The lowest BCUT2D eigenvalue weighted by Crippen LogP contribution is -2.61. The quantitative estimate of drug-likeness (QED) is 0.431. The zero-order valence-electron chi connectivity index (χ0n) is 18.8. The van der Waals surface area contributed by atoms with Crippen molar-refractivity contribution in [2.75, 3.05) is 12.4 Å². The molecule has 2 aliphatic rings. The van der Waals surface area contributed by atoms with Crippen LogP contribution in [0, 0.1) is 0 Å². The number of carbonyl (C=O) groups excluding carboxylic acids is 1. The van der Waals surface area contributed by atoms with Gasteiger partial charge in [0.05, 0.1) is 6.33 Å². The smallest absolute Gasteiger partial charge is 0.251 e. The highest BCUT2D eigenvalue weighted by molar-refractivity contribution is 5.83. The first-order chi connectivity index (χ1) is 15.0. The van der Waals surface area contributed by atoms with Crippen LogP contribution in [0.15, 0.2) is 12.7 Å². The molecule has 0 spiro atoms. The van der Waals surface area contributed by atoms with Crippen molar-refractivity contribution in [2.45, 2.75) is 82.2 Å². The first-order valence-corrected chi connectivity index (χ1v) is 10.6. The van der Waals surface area contributed by atoms with E-state index in [0.717, 1.165) is 0 Å². The molecular weight excluding hydrogens is 418 g/mol. The monoisotopic (exact) mass is 449 g/mol.